The molecule has 0 radical (unpaired) electrons. The number of hydrogen-bond donors (Lipinski definition) is 0. The van der Waals surface area contributed by atoms with Crippen LogP contribution in [0.5, 0.6) is 0 Å². The SMILES string of the molecule is Cc1cc(B(c2cc(C(F)(F)F)ccc2C)c2cc(C(F)(F)F)ccc2C)cc(C(F)(F)F)c1. The molecule has 10 heteroatoms. The Bertz CT molecular complexity index is 1140. The van der Waals surface area contributed by atoms with Gasteiger partial charge in [0.05, 0.1) is 16.7 Å². The van der Waals surface area contributed by atoms with Crippen LogP contribution < -0.4 is 16.4 Å². The summed E-state index contributed by atoms with van der Waals surface area (Å²) in [6.45, 7) is 3.01. The van der Waals surface area contributed by atoms with E-state index in [1.54, 1.807) is 0 Å². The van der Waals surface area contributed by atoms with Crippen molar-refractivity contribution in [2.45, 2.75) is 39.3 Å². The van der Waals surface area contributed by atoms with E-state index in [1.807, 2.05) is 0 Å². The van der Waals surface area contributed by atoms with Crippen molar-refractivity contribution in [1.29, 1.82) is 0 Å². The van der Waals surface area contributed by atoms with Crippen LogP contribution in [0.4, 0.5) is 39.5 Å². The fourth-order valence-electron chi connectivity index (χ4n) is 3.93. The molecule has 3 aromatic rings. The first-order valence-electron chi connectivity index (χ1n) is 10.0. The molecule has 34 heavy (non-hydrogen) atoms. The molecule has 0 aliphatic rings. The monoisotopic (exact) mass is 488 g/mol. The largest absolute Gasteiger partial charge is 0.416 e. The maximum absolute atomic E-state index is 13.5. The Morgan fingerprint density at radius 2 is 0.912 bits per heavy atom. The van der Waals surface area contributed by atoms with E-state index in [4.69, 9.17) is 0 Å². The lowest BCUT2D eigenvalue weighted by atomic mass is 9.35. The summed E-state index contributed by atoms with van der Waals surface area (Å²) in [6.07, 6.45) is -14.3. The van der Waals surface area contributed by atoms with Gasteiger partial charge in [0.15, 0.2) is 0 Å². The number of halogens is 9. The Balaban J connectivity index is 2.40. The highest BCUT2D eigenvalue weighted by Crippen LogP contribution is 2.31. The molecule has 0 bridgehead atoms. The summed E-state index contributed by atoms with van der Waals surface area (Å²) in [7, 11) is 0. The van der Waals surface area contributed by atoms with Crippen LogP contribution in [-0.4, -0.2) is 6.71 Å². The van der Waals surface area contributed by atoms with Crippen LogP contribution in [0, 0.1) is 20.8 Å². The minimum atomic E-state index is -4.75. The van der Waals surface area contributed by atoms with Gasteiger partial charge >= 0.3 is 18.5 Å². The Hall–Kier alpha value is -2.91. The second-order valence-corrected chi connectivity index (χ2v) is 8.20. The van der Waals surface area contributed by atoms with Crippen LogP contribution in [0.3, 0.4) is 0 Å². The molecule has 0 N–H and O–H groups in total. The van der Waals surface area contributed by atoms with Gasteiger partial charge in [-0.25, -0.2) is 0 Å². The van der Waals surface area contributed by atoms with Crippen molar-refractivity contribution < 1.29 is 39.5 Å². The number of rotatable bonds is 3. The zero-order valence-electron chi connectivity index (χ0n) is 18.2. The maximum atomic E-state index is 13.5. The molecule has 0 aliphatic heterocycles. The molecule has 0 saturated heterocycles. The molecule has 0 fully saturated rings. The lowest BCUT2D eigenvalue weighted by Crippen LogP contribution is -2.54. The molecule has 0 amide bonds. The lowest BCUT2D eigenvalue weighted by Gasteiger charge is -2.23. The normalized spacial score (nSPS) is 12.7. The van der Waals surface area contributed by atoms with E-state index in [0.29, 0.717) is 11.1 Å². The van der Waals surface area contributed by atoms with E-state index in [9.17, 15) is 39.5 Å². The first kappa shape index (κ1) is 25.7. The van der Waals surface area contributed by atoms with E-state index < -0.39 is 41.9 Å². The molecule has 3 rings (SSSR count). The number of benzene rings is 3. The van der Waals surface area contributed by atoms with Gasteiger partial charge in [0.25, 0.3) is 0 Å². The predicted octanol–water partition coefficient (Wildman–Crippen LogP) is 6.18. The van der Waals surface area contributed by atoms with Crippen LogP contribution in [0.25, 0.3) is 0 Å². The van der Waals surface area contributed by atoms with Gasteiger partial charge in [-0.1, -0.05) is 69.5 Å². The van der Waals surface area contributed by atoms with Gasteiger partial charge in [-0.15, -0.1) is 0 Å². The van der Waals surface area contributed by atoms with Gasteiger partial charge in [0.2, 0.25) is 6.71 Å². The third-order valence-corrected chi connectivity index (χ3v) is 5.60. The molecular weight excluding hydrogens is 470 g/mol. The summed E-state index contributed by atoms with van der Waals surface area (Å²) in [6, 6.07) is 8.54. The summed E-state index contributed by atoms with van der Waals surface area (Å²) < 4.78 is 121. The van der Waals surface area contributed by atoms with Crippen LogP contribution in [0.2, 0.25) is 0 Å². The van der Waals surface area contributed by atoms with Gasteiger partial charge in [0, 0.05) is 0 Å². The maximum Gasteiger partial charge on any atom is 0.416 e. The molecule has 0 unspecified atom stereocenters. The van der Waals surface area contributed by atoms with Crippen LogP contribution >= 0.6 is 0 Å². The van der Waals surface area contributed by atoms with Crippen molar-refractivity contribution in [1.82, 2.24) is 0 Å². The molecule has 0 aliphatic carbocycles. The Labute approximate surface area is 190 Å². The molecule has 0 spiro atoms. The van der Waals surface area contributed by atoms with Gasteiger partial charge in [-0.3, -0.25) is 0 Å². The van der Waals surface area contributed by atoms with Crippen molar-refractivity contribution in [3.8, 4) is 0 Å². The summed E-state index contributed by atoms with van der Waals surface area (Å²) in [5, 5.41) is 0. The van der Waals surface area contributed by atoms with Gasteiger partial charge < -0.3 is 0 Å². The summed E-state index contributed by atoms with van der Waals surface area (Å²) in [4.78, 5) is 0. The Morgan fingerprint density at radius 1 is 0.500 bits per heavy atom. The third kappa shape index (κ3) is 5.42. The summed E-state index contributed by atoms with van der Waals surface area (Å²) >= 11 is 0. The lowest BCUT2D eigenvalue weighted by molar-refractivity contribution is -0.138. The van der Waals surface area contributed by atoms with Crippen LogP contribution in [0.15, 0.2) is 54.6 Å². The fraction of sp³-hybridized carbons (Fsp3) is 0.250. The van der Waals surface area contributed by atoms with E-state index in [-0.39, 0.29) is 22.0 Å². The number of alkyl halides is 9. The van der Waals surface area contributed by atoms with Crippen molar-refractivity contribution in [3.05, 3.63) is 88.0 Å². The smallest absolute Gasteiger partial charge is 0.166 e. The molecule has 3 aromatic carbocycles. The van der Waals surface area contributed by atoms with E-state index in [1.165, 1.54) is 26.8 Å². The minimum absolute atomic E-state index is 0.0315. The first-order chi connectivity index (χ1) is 15.5. The van der Waals surface area contributed by atoms with Gasteiger partial charge in [-0.2, -0.15) is 39.5 Å². The number of aryl methyl sites for hydroxylation is 3. The van der Waals surface area contributed by atoms with Crippen molar-refractivity contribution in [2.24, 2.45) is 0 Å². The van der Waals surface area contributed by atoms with E-state index in [2.05, 4.69) is 0 Å². The van der Waals surface area contributed by atoms with Crippen LogP contribution in [0.1, 0.15) is 33.4 Å². The molecule has 0 atom stereocenters. The van der Waals surface area contributed by atoms with Crippen molar-refractivity contribution in [2.75, 3.05) is 0 Å². The quantitative estimate of drug-likeness (QED) is 0.305. The standard InChI is InChI=1S/C24H18BF9/c1-13-8-18(24(32,33)34)10-19(9-13)25(20-11-16(22(26,27)28)6-4-14(20)2)21-12-17(23(29,30)31)7-5-15(21)3/h4-12H,1-3H3. The predicted molar refractivity (Wildman–Crippen MR) is 113 cm³/mol. The molecule has 0 aromatic heterocycles. The van der Waals surface area contributed by atoms with E-state index >= 15 is 0 Å². The summed E-state index contributed by atoms with van der Waals surface area (Å²) in [5.41, 5.74) is -2.50. The third-order valence-electron chi connectivity index (χ3n) is 5.60. The first-order valence-corrected chi connectivity index (χ1v) is 10.0. The van der Waals surface area contributed by atoms with Gasteiger partial charge in [0.1, 0.15) is 0 Å². The zero-order chi connectivity index (χ0) is 25.6. The molecule has 0 nitrogen and oxygen atoms in total. The zero-order valence-corrected chi connectivity index (χ0v) is 18.2. The highest BCUT2D eigenvalue weighted by atomic mass is 19.4. The fourth-order valence-corrected chi connectivity index (χ4v) is 3.93. The molecule has 180 valence electrons. The van der Waals surface area contributed by atoms with Crippen molar-refractivity contribution in [3.63, 3.8) is 0 Å². The second kappa shape index (κ2) is 8.71. The topological polar surface area (TPSA) is 0 Å². The Morgan fingerprint density at radius 3 is 1.29 bits per heavy atom. The van der Waals surface area contributed by atoms with E-state index in [0.717, 1.165) is 48.5 Å². The second-order valence-electron chi connectivity index (χ2n) is 8.20. The molecule has 0 heterocycles. The minimum Gasteiger partial charge on any atom is -0.166 e. The number of hydrogen-bond acceptors (Lipinski definition) is 0. The highest BCUT2D eigenvalue weighted by Gasteiger charge is 2.37. The molecular formula is C24H18BF9. The van der Waals surface area contributed by atoms with Gasteiger partial charge in [-0.05, 0) is 39.0 Å². The average Bonchev–Trinajstić information content (AvgIpc) is 2.68. The summed E-state index contributed by atoms with van der Waals surface area (Å²) in [5.74, 6) is 0. The molecule has 0 saturated carbocycles. The highest BCUT2D eigenvalue weighted by molar-refractivity contribution is 6.96. The average molecular weight is 488 g/mol. The Kier molecular flexibility index (Phi) is 6.58. The van der Waals surface area contributed by atoms with Crippen molar-refractivity contribution >= 4 is 23.1 Å². The van der Waals surface area contributed by atoms with Crippen LogP contribution in [-0.2, 0) is 18.5 Å².